The molecule has 2 heterocycles. The Balaban J connectivity index is 1.73. The molecule has 0 saturated carbocycles. The molecule has 1 aromatic rings. The van der Waals surface area contributed by atoms with E-state index in [4.69, 9.17) is 16.3 Å². The maximum Gasteiger partial charge on any atom is 0.227 e. The van der Waals surface area contributed by atoms with Crippen molar-refractivity contribution in [3.05, 3.63) is 34.6 Å². The fraction of sp³-hybridized carbons (Fsp3) is 0.588. The van der Waals surface area contributed by atoms with Crippen molar-refractivity contribution in [1.82, 2.24) is 4.90 Å². The first-order chi connectivity index (χ1) is 11.1. The standard InChI is InChI=1S/C17H21ClFNO3/c18-13-3-1-4-14(19)11(13)9-17(22)20-7-2-5-15(20)12-10-23-8-6-16(12)21/h1,3-4,12,15-16,21H,2,5-10H2/t12-,15+,16-/m0/s1. The van der Waals surface area contributed by atoms with Crippen molar-refractivity contribution in [2.24, 2.45) is 5.92 Å². The number of ether oxygens (including phenoxy) is 1. The Kier molecular flexibility index (Phi) is 5.19. The fourth-order valence-corrected chi connectivity index (χ4v) is 3.85. The van der Waals surface area contributed by atoms with Gasteiger partial charge in [0.1, 0.15) is 5.82 Å². The van der Waals surface area contributed by atoms with Crippen molar-refractivity contribution in [3.8, 4) is 0 Å². The number of hydrogen-bond acceptors (Lipinski definition) is 3. The van der Waals surface area contributed by atoms with Crippen molar-refractivity contribution < 1.29 is 19.0 Å². The largest absolute Gasteiger partial charge is 0.393 e. The lowest BCUT2D eigenvalue weighted by Gasteiger charge is -2.37. The number of likely N-dealkylation sites (tertiary alicyclic amines) is 1. The Morgan fingerprint density at radius 2 is 2.26 bits per heavy atom. The molecule has 4 nitrogen and oxygen atoms in total. The van der Waals surface area contributed by atoms with Gasteiger partial charge in [0.2, 0.25) is 5.91 Å². The van der Waals surface area contributed by atoms with E-state index in [1.54, 1.807) is 11.0 Å². The molecule has 1 aromatic carbocycles. The van der Waals surface area contributed by atoms with Gasteiger partial charge in [-0.2, -0.15) is 0 Å². The molecular formula is C17H21ClFNO3. The molecule has 2 aliphatic rings. The van der Waals surface area contributed by atoms with Gasteiger partial charge in [-0.3, -0.25) is 4.79 Å². The van der Waals surface area contributed by atoms with Crippen LogP contribution in [0.4, 0.5) is 4.39 Å². The van der Waals surface area contributed by atoms with Crippen molar-refractivity contribution >= 4 is 17.5 Å². The summed E-state index contributed by atoms with van der Waals surface area (Å²) in [6.45, 7) is 1.66. The van der Waals surface area contributed by atoms with Gasteiger partial charge in [0.15, 0.2) is 0 Å². The summed E-state index contributed by atoms with van der Waals surface area (Å²) in [5, 5.41) is 10.5. The molecule has 0 unspecified atom stereocenters. The van der Waals surface area contributed by atoms with Crippen LogP contribution in [0.3, 0.4) is 0 Å². The number of carbonyl (C=O) groups excluding carboxylic acids is 1. The smallest absolute Gasteiger partial charge is 0.227 e. The number of hydrogen-bond donors (Lipinski definition) is 1. The average Bonchev–Trinajstić information content (AvgIpc) is 3.01. The second-order valence-corrected chi connectivity index (χ2v) is 6.68. The third-order valence-corrected chi connectivity index (χ3v) is 5.22. The summed E-state index contributed by atoms with van der Waals surface area (Å²) in [6, 6.07) is 4.39. The molecule has 126 valence electrons. The second kappa shape index (κ2) is 7.16. The van der Waals surface area contributed by atoms with E-state index in [2.05, 4.69) is 0 Å². The van der Waals surface area contributed by atoms with E-state index in [1.165, 1.54) is 12.1 Å². The Labute approximate surface area is 140 Å². The SMILES string of the molecule is O=C(Cc1c(F)cccc1Cl)N1CCC[C@@H]1[C@@H]1COCC[C@@H]1O. The Morgan fingerprint density at radius 3 is 3.00 bits per heavy atom. The minimum Gasteiger partial charge on any atom is -0.393 e. The van der Waals surface area contributed by atoms with Gasteiger partial charge in [0, 0.05) is 35.7 Å². The quantitative estimate of drug-likeness (QED) is 0.918. The third-order valence-electron chi connectivity index (χ3n) is 4.87. The lowest BCUT2D eigenvalue weighted by Crippen LogP contribution is -2.48. The van der Waals surface area contributed by atoms with Crippen LogP contribution in [-0.4, -0.2) is 47.8 Å². The molecule has 1 N–H and O–H groups in total. The third kappa shape index (κ3) is 3.52. The maximum absolute atomic E-state index is 13.9. The molecule has 3 rings (SSSR count). The van der Waals surface area contributed by atoms with Crippen LogP contribution in [0.25, 0.3) is 0 Å². The minimum absolute atomic E-state index is 0.0386. The summed E-state index contributed by atoms with van der Waals surface area (Å²) in [4.78, 5) is 14.4. The normalized spacial score (nSPS) is 28.1. The molecule has 0 aromatic heterocycles. The van der Waals surface area contributed by atoms with Gasteiger partial charge in [-0.1, -0.05) is 17.7 Å². The number of carbonyl (C=O) groups is 1. The highest BCUT2D eigenvalue weighted by Gasteiger charge is 2.39. The number of benzene rings is 1. The molecule has 1 amide bonds. The highest BCUT2D eigenvalue weighted by atomic mass is 35.5. The van der Waals surface area contributed by atoms with Crippen molar-refractivity contribution in [2.75, 3.05) is 19.8 Å². The van der Waals surface area contributed by atoms with Crippen LogP contribution < -0.4 is 0 Å². The van der Waals surface area contributed by atoms with E-state index in [0.29, 0.717) is 26.2 Å². The zero-order valence-corrected chi connectivity index (χ0v) is 13.6. The molecule has 0 spiro atoms. The van der Waals surface area contributed by atoms with Crippen LogP contribution in [0.1, 0.15) is 24.8 Å². The summed E-state index contributed by atoms with van der Waals surface area (Å²) in [7, 11) is 0. The molecule has 23 heavy (non-hydrogen) atoms. The van der Waals surface area contributed by atoms with Gasteiger partial charge in [-0.25, -0.2) is 4.39 Å². The molecule has 0 bridgehead atoms. The molecule has 3 atom stereocenters. The van der Waals surface area contributed by atoms with Crippen LogP contribution in [0.15, 0.2) is 18.2 Å². The van der Waals surface area contributed by atoms with Gasteiger partial charge in [-0.15, -0.1) is 0 Å². The summed E-state index contributed by atoms with van der Waals surface area (Å²) >= 11 is 6.02. The van der Waals surface area contributed by atoms with Crippen LogP contribution in [0.2, 0.25) is 5.02 Å². The van der Waals surface area contributed by atoms with Crippen LogP contribution in [0.5, 0.6) is 0 Å². The molecular weight excluding hydrogens is 321 g/mol. The summed E-state index contributed by atoms with van der Waals surface area (Å²) in [6.07, 6.45) is 1.85. The maximum atomic E-state index is 13.9. The number of aliphatic hydroxyl groups excluding tert-OH is 1. The highest BCUT2D eigenvalue weighted by Crippen LogP contribution is 2.31. The van der Waals surface area contributed by atoms with Crippen LogP contribution in [-0.2, 0) is 16.0 Å². The lowest BCUT2D eigenvalue weighted by molar-refractivity contribution is -0.135. The number of aliphatic hydroxyl groups is 1. The van der Waals surface area contributed by atoms with Gasteiger partial charge in [0.25, 0.3) is 0 Å². The first kappa shape index (κ1) is 16.7. The Morgan fingerprint density at radius 1 is 1.43 bits per heavy atom. The van der Waals surface area contributed by atoms with Crippen LogP contribution in [0, 0.1) is 11.7 Å². The second-order valence-electron chi connectivity index (χ2n) is 6.27. The molecule has 0 radical (unpaired) electrons. The molecule has 2 aliphatic heterocycles. The first-order valence-electron chi connectivity index (χ1n) is 8.06. The monoisotopic (exact) mass is 341 g/mol. The average molecular weight is 342 g/mol. The molecule has 0 aliphatic carbocycles. The van der Waals surface area contributed by atoms with Crippen molar-refractivity contribution in [2.45, 2.75) is 37.8 Å². The number of halogens is 2. The van der Waals surface area contributed by atoms with Crippen molar-refractivity contribution in [1.29, 1.82) is 0 Å². The number of nitrogens with zero attached hydrogens (tertiary/aromatic N) is 1. The van der Waals surface area contributed by atoms with Gasteiger partial charge < -0.3 is 14.7 Å². The van der Waals surface area contributed by atoms with E-state index in [1.807, 2.05) is 0 Å². The zero-order chi connectivity index (χ0) is 16.4. The number of amides is 1. The minimum atomic E-state index is -0.456. The zero-order valence-electron chi connectivity index (χ0n) is 12.9. The van der Waals surface area contributed by atoms with E-state index >= 15 is 0 Å². The fourth-order valence-electron chi connectivity index (χ4n) is 3.62. The lowest BCUT2D eigenvalue weighted by atomic mass is 9.89. The predicted molar refractivity (Wildman–Crippen MR) is 84.8 cm³/mol. The van der Waals surface area contributed by atoms with Crippen molar-refractivity contribution in [3.63, 3.8) is 0 Å². The number of rotatable bonds is 3. The summed E-state index contributed by atoms with van der Waals surface area (Å²) in [5.41, 5.74) is 0.241. The van der Waals surface area contributed by atoms with E-state index in [9.17, 15) is 14.3 Å². The Hall–Kier alpha value is -1.17. The Bertz CT molecular complexity index is 563. The van der Waals surface area contributed by atoms with Crippen LogP contribution >= 0.6 is 11.6 Å². The molecule has 2 saturated heterocycles. The first-order valence-corrected chi connectivity index (χ1v) is 8.44. The van der Waals surface area contributed by atoms with Gasteiger partial charge >= 0.3 is 0 Å². The highest BCUT2D eigenvalue weighted by molar-refractivity contribution is 6.31. The van der Waals surface area contributed by atoms with E-state index < -0.39 is 11.9 Å². The van der Waals surface area contributed by atoms with E-state index in [0.717, 1.165) is 12.8 Å². The predicted octanol–water partition coefficient (Wildman–Crippen LogP) is 2.41. The topological polar surface area (TPSA) is 49.8 Å². The van der Waals surface area contributed by atoms with E-state index in [-0.39, 0.29) is 34.9 Å². The summed E-state index contributed by atoms with van der Waals surface area (Å²) < 4.78 is 19.4. The van der Waals surface area contributed by atoms with Gasteiger partial charge in [0.05, 0.1) is 19.1 Å². The summed E-state index contributed by atoms with van der Waals surface area (Å²) in [5.74, 6) is -0.661. The molecule has 2 fully saturated rings. The van der Waals surface area contributed by atoms with Gasteiger partial charge in [-0.05, 0) is 31.4 Å². The molecule has 6 heteroatoms.